The molecule has 1 heterocycles. The Hall–Kier alpha value is -2.86. The van der Waals surface area contributed by atoms with E-state index in [9.17, 15) is 5.26 Å². The Labute approximate surface area is 123 Å². The molecule has 0 bridgehead atoms. The van der Waals surface area contributed by atoms with Crippen LogP contribution in [0.1, 0.15) is 16.8 Å². The Bertz CT molecular complexity index is 820. The number of nitrogens with zero attached hydrogens (tertiary/aromatic N) is 2. The minimum atomic E-state index is 0.664. The summed E-state index contributed by atoms with van der Waals surface area (Å²) in [5, 5.41) is 16.6. The highest BCUT2D eigenvalue weighted by Crippen LogP contribution is 2.28. The molecule has 0 aliphatic carbocycles. The molecule has 0 amide bonds. The van der Waals surface area contributed by atoms with Crippen LogP contribution in [0.4, 0.5) is 0 Å². The van der Waals surface area contributed by atoms with Crippen molar-refractivity contribution in [2.24, 2.45) is 0 Å². The number of aromatic nitrogens is 2. The summed E-state index contributed by atoms with van der Waals surface area (Å²) < 4.78 is 0. The second kappa shape index (κ2) is 5.26. The summed E-state index contributed by atoms with van der Waals surface area (Å²) in [5.74, 6) is 0. The average Bonchev–Trinajstić information content (AvgIpc) is 2.94. The van der Waals surface area contributed by atoms with Crippen LogP contribution < -0.4 is 0 Å². The van der Waals surface area contributed by atoms with Gasteiger partial charge in [-0.25, -0.2) is 0 Å². The van der Waals surface area contributed by atoms with Gasteiger partial charge in [0.05, 0.1) is 17.3 Å². The van der Waals surface area contributed by atoms with Crippen LogP contribution in [-0.2, 0) is 0 Å². The van der Waals surface area contributed by atoms with Crippen LogP contribution in [0.15, 0.2) is 48.5 Å². The molecule has 3 heteroatoms. The zero-order valence-corrected chi connectivity index (χ0v) is 12.0. The van der Waals surface area contributed by atoms with E-state index in [1.54, 1.807) is 0 Å². The predicted octanol–water partition coefficient (Wildman–Crippen LogP) is 4.23. The summed E-state index contributed by atoms with van der Waals surface area (Å²) in [6.45, 7) is 4.01. The van der Waals surface area contributed by atoms with Gasteiger partial charge in [0.2, 0.25) is 0 Å². The van der Waals surface area contributed by atoms with Crippen molar-refractivity contribution in [1.29, 1.82) is 5.26 Å². The number of nitrogens with one attached hydrogen (secondary N) is 1. The van der Waals surface area contributed by atoms with Crippen molar-refractivity contribution in [2.45, 2.75) is 13.8 Å². The maximum absolute atomic E-state index is 9.43. The number of nitriles is 1. The van der Waals surface area contributed by atoms with Crippen molar-refractivity contribution >= 4 is 0 Å². The summed E-state index contributed by atoms with van der Waals surface area (Å²) in [6, 6.07) is 18.4. The van der Waals surface area contributed by atoms with Crippen LogP contribution in [0.3, 0.4) is 0 Å². The van der Waals surface area contributed by atoms with Crippen molar-refractivity contribution in [3.05, 3.63) is 65.4 Å². The third kappa shape index (κ3) is 2.56. The smallest absolute Gasteiger partial charge is 0.0998 e. The lowest BCUT2D eigenvalue weighted by Gasteiger charge is -2.06. The maximum Gasteiger partial charge on any atom is 0.0998 e. The van der Waals surface area contributed by atoms with Gasteiger partial charge in [0.15, 0.2) is 0 Å². The molecule has 0 saturated carbocycles. The number of rotatable bonds is 2. The van der Waals surface area contributed by atoms with Crippen LogP contribution in [0, 0.1) is 25.2 Å². The van der Waals surface area contributed by atoms with Crippen molar-refractivity contribution in [3.8, 4) is 28.5 Å². The third-order valence-electron chi connectivity index (χ3n) is 3.50. The number of H-pyrrole nitrogens is 1. The highest BCUT2D eigenvalue weighted by Gasteiger charge is 2.09. The van der Waals surface area contributed by atoms with Gasteiger partial charge in [-0.3, -0.25) is 5.10 Å². The average molecular weight is 273 g/mol. The van der Waals surface area contributed by atoms with Crippen molar-refractivity contribution in [1.82, 2.24) is 10.2 Å². The molecule has 0 radical (unpaired) electrons. The standard InChI is InChI=1S/C18H15N3/c1-12-3-5-14(6-4-12)17-8-7-15(10-16(17)11-19)18-9-13(2)20-21-18/h3-10H,1-2H3,(H,20,21). The Morgan fingerprint density at radius 2 is 1.67 bits per heavy atom. The fourth-order valence-electron chi connectivity index (χ4n) is 2.35. The number of aryl methyl sites for hydroxylation is 2. The normalized spacial score (nSPS) is 10.3. The number of hydrogen-bond donors (Lipinski definition) is 1. The Kier molecular flexibility index (Phi) is 3.29. The van der Waals surface area contributed by atoms with Gasteiger partial charge in [0, 0.05) is 11.3 Å². The third-order valence-corrected chi connectivity index (χ3v) is 3.50. The molecule has 0 spiro atoms. The first kappa shape index (κ1) is 13.1. The number of hydrogen-bond acceptors (Lipinski definition) is 2. The predicted molar refractivity (Wildman–Crippen MR) is 83.6 cm³/mol. The summed E-state index contributed by atoms with van der Waals surface area (Å²) in [4.78, 5) is 0. The van der Waals surface area contributed by atoms with Gasteiger partial charge >= 0.3 is 0 Å². The van der Waals surface area contributed by atoms with E-state index in [4.69, 9.17) is 0 Å². The van der Waals surface area contributed by atoms with E-state index < -0.39 is 0 Å². The van der Waals surface area contributed by atoms with Crippen molar-refractivity contribution in [3.63, 3.8) is 0 Å². The topological polar surface area (TPSA) is 52.5 Å². The molecule has 0 unspecified atom stereocenters. The van der Waals surface area contributed by atoms with Crippen LogP contribution in [0.2, 0.25) is 0 Å². The van der Waals surface area contributed by atoms with E-state index >= 15 is 0 Å². The highest BCUT2D eigenvalue weighted by molar-refractivity contribution is 5.75. The minimum absolute atomic E-state index is 0.664. The zero-order chi connectivity index (χ0) is 14.8. The molecule has 2 aromatic carbocycles. The van der Waals surface area contributed by atoms with Gasteiger partial charge in [0.1, 0.15) is 0 Å². The molecule has 3 rings (SSSR count). The van der Waals surface area contributed by atoms with Crippen molar-refractivity contribution in [2.75, 3.05) is 0 Å². The lowest BCUT2D eigenvalue weighted by Crippen LogP contribution is -1.87. The SMILES string of the molecule is Cc1ccc(-c2ccc(-c3cc(C)[nH]n3)cc2C#N)cc1. The molecule has 1 aromatic heterocycles. The molecule has 0 fully saturated rings. The first-order chi connectivity index (χ1) is 10.2. The molecular weight excluding hydrogens is 258 g/mol. The quantitative estimate of drug-likeness (QED) is 0.759. The van der Waals surface area contributed by atoms with Gasteiger partial charge in [-0.15, -0.1) is 0 Å². The Balaban J connectivity index is 2.08. The van der Waals surface area contributed by atoms with Gasteiger partial charge in [-0.1, -0.05) is 42.0 Å². The molecule has 0 aliphatic rings. The Morgan fingerprint density at radius 3 is 2.29 bits per heavy atom. The van der Waals surface area contributed by atoms with Crippen molar-refractivity contribution < 1.29 is 0 Å². The van der Waals surface area contributed by atoms with Crippen LogP contribution in [-0.4, -0.2) is 10.2 Å². The zero-order valence-electron chi connectivity index (χ0n) is 12.0. The molecule has 3 nitrogen and oxygen atoms in total. The van der Waals surface area contributed by atoms with E-state index in [1.165, 1.54) is 5.56 Å². The minimum Gasteiger partial charge on any atom is -0.282 e. The number of benzene rings is 2. The molecule has 3 aromatic rings. The molecule has 0 saturated heterocycles. The summed E-state index contributed by atoms with van der Waals surface area (Å²) in [5.41, 5.74) is 6.70. The monoisotopic (exact) mass is 273 g/mol. The van der Waals surface area contributed by atoms with Gasteiger partial charge in [0.25, 0.3) is 0 Å². The van der Waals surface area contributed by atoms with E-state index in [0.29, 0.717) is 5.56 Å². The van der Waals surface area contributed by atoms with Gasteiger partial charge in [-0.2, -0.15) is 10.4 Å². The fraction of sp³-hybridized carbons (Fsp3) is 0.111. The van der Waals surface area contributed by atoms with Crippen LogP contribution >= 0.6 is 0 Å². The fourth-order valence-corrected chi connectivity index (χ4v) is 2.35. The lowest BCUT2D eigenvalue weighted by atomic mass is 9.96. The summed E-state index contributed by atoms with van der Waals surface area (Å²) in [6.07, 6.45) is 0. The molecular formula is C18H15N3. The largest absolute Gasteiger partial charge is 0.282 e. The molecule has 0 aliphatic heterocycles. The molecule has 21 heavy (non-hydrogen) atoms. The van der Waals surface area contributed by atoms with Crippen LogP contribution in [0.5, 0.6) is 0 Å². The van der Waals surface area contributed by atoms with E-state index in [1.807, 2.05) is 43.3 Å². The van der Waals surface area contributed by atoms with E-state index in [-0.39, 0.29) is 0 Å². The second-order valence-electron chi connectivity index (χ2n) is 5.17. The second-order valence-corrected chi connectivity index (χ2v) is 5.17. The van der Waals surface area contributed by atoms with Gasteiger partial charge in [-0.05, 0) is 37.1 Å². The van der Waals surface area contributed by atoms with Crippen LogP contribution in [0.25, 0.3) is 22.4 Å². The maximum atomic E-state index is 9.43. The first-order valence-corrected chi connectivity index (χ1v) is 6.81. The molecule has 0 atom stereocenters. The lowest BCUT2D eigenvalue weighted by molar-refractivity contribution is 1.05. The first-order valence-electron chi connectivity index (χ1n) is 6.81. The number of aromatic amines is 1. The Morgan fingerprint density at radius 1 is 0.952 bits per heavy atom. The summed E-state index contributed by atoms with van der Waals surface area (Å²) in [7, 11) is 0. The molecule has 102 valence electrons. The van der Waals surface area contributed by atoms with Gasteiger partial charge < -0.3 is 0 Å². The summed E-state index contributed by atoms with van der Waals surface area (Å²) >= 11 is 0. The van der Waals surface area contributed by atoms with E-state index in [2.05, 4.69) is 35.3 Å². The highest BCUT2D eigenvalue weighted by atomic mass is 15.1. The molecule has 1 N–H and O–H groups in total. The van der Waals surface area contributed by atoms with E-state index in [0.717, 1.165) is 28.1 Å².